The van der Waals surface area contributed by atoms with Crippen molar-refractivity contribution in [3.05, 3.63) is 35.1 Å². The van der Waals surface area contributed by atoms with Gasteiger partial charge in [-0.1, -0.05) is 0 Å². The first-order valence-electron chi connectivity index (χ1n) is 8.41. The second-order valence-electron chi connectivity index (χ2n) is 6.79. The molecule has 0 fully saturated rings. The monoisotopic (exact) mass is 376 g/mol. The Kier molecular flexibility index (Phi) is 4.24. The first kappa shape index (κ1) is 17.1. The van der Waals surface area contributed by atoms with Crippen LogP contribution in [0.15, 0.2) is 27.9 Å². The molecule has 2 aliphatic heterocycles. The number of amides is 2. The number of ether oxygens (including phenoxy) is 2. The van der Waals surface area contributed by atoms with Gasteiger partial charge in [-0.3, -0.25) is 4.72 Å². The van der Waals surface area contributed by atoms with Crippen LogP contribution < -0.4 is 19.5 Å². The van der Waals surface area contributed by atoms with Gasteiger partial charge in [-0.2, -0.15) is 0 Å². The van der Waals surface area contributed by atoms with E-state index in [2.05, 4.69) is 10.0 Å². The van der Waals surface area contributed by atoms with Gasteiger partial charge in [0.15, 0.2) is 5.09 Å². The molecule has 1 aromatic heterocycles. The molecule has 2 aliphatic rings. The van der Waals surface area contributed by atoms with Gasteiger partial charge in [0.1, 0.15) is 11.5 Å². The Morgan fingerprint density at radius 2 is 2.04 bits per heavy atom. The molecule has 0 saturated carbocycles. The molecule has 0 aliphatic carbocycles. The van der Waals surface area contributed by atoms with Crippen molar-refractivity contribution in [2.45, 2.75) is 37.4 Å². The molecule has 7 nitrogen and oxygen atoms in total. The van der Waals surface area contributed by atoms with Gasteiger partial charge >= 0.3 is 6.03 Å². The molecule has 0 saturated heterocycles. The Morgan fingerprint density at radius 1 is 1.23 bits per heavy atom. The van der Waals surface area contributed by atoms with Crippen LogP contribution in [0.4, 0.5) is 10.5 Å². The van der Waals surface area contributed by atoms with Gasteiger partial charge in [0.2, 0.25) is 0 Å². The lowest BCUT2D eigenvalue weighted by atomic mass is 10.0. The number of benzene rings is 1. The summed E-state index contributed by atoms with van der Waals surface area (Å²) in [4.78, 5) is 12.4. The number of nitrogens with one attached hydrogen (secondary N) is 2. The normalized spacial score (nSPS) is 15.0. The second-order valence-corrected chi connectivity index (χ2v) is 7.60. The summed E-state index contributed by atoms with van der Waals surface area (Å²) in [6, 6.07) is 3.32. The van der Waals surface area contributed by atoms with E-state index in [0.29, 0.717) is 29.6 Å². The lowest BCUT2D eigenvalue weighted by Crippen LogP contribution is -2.23. The Labute approximate surface area is 155 Å². The van der Waals surface area contributed by atoms with Crippen LogP contribution in [0.1, 0.15) is 30.5 Å². The SMILES string of the molecule is CC(C)(O)c1coc(SNC(=O)Nc2c3c(cc4c2OCC4)OCC3)c1. The van der Waals surface area contributed by atoms with Crippen molar-refractivity contribution in [1.29, 1.82) is 0 Å². The van der Waals surface area contributed by atoms with Gasteiger partial charge in [0, 0.05) is 41.5 Å². The zero-order valence-electron chi connectivity index (χ0n) is 14.5. The Hall–Kier alpha value is -2.32. The number of anilines is 1. The number of furan rings is 1. The molecule has 0 bridgehead atoms. The topological polar surface area (TPSA) is 93.0 Å². The highest BCUT2D eigenvalue weighted by Gasteiger charge is 2.27. The molecule has 0 atom stereocenters. The molecule has 1 aromatic carbocycles. The van der Waals surface area contributed by atoms with Crippen molar-refractivity contribution in [3.8, 4) is 11.5 Å². The molecule has 3 heterocycles. The molecule has 3 N–H and O–H groups in total. The summed E-state index contributed by atoms with van der Waals surface area (Å²) in [7, 11) is 0. The quantitative estimate of drug-likeness (QED) is 0.710. The summed E-state index contributed by atoms with van der Waals surface area (Å²) in [5.74, 6) is 1.55. The summed E-state index contributed by atoms with van der Waals surface area (Å²) in [5.41, 5.74) is 2.35. The zero-order chi connectivity index (χ0) is 18.3. The van der Waals surface area contributed by atoms with Crippen LogP contribution in [0.5, 0.6) is 11.5 Å². The van der Waals surface area contributed by atoms with Crippen LogP contribution in [0, 0.1) is 0 Å². The van der Waals surface area contributed by atoms with Gasteiger partial charge in [0.05, 0.1) is 30.8 Å². The largest absolute Gasteiger partial charge is 0.493 e. The predicted octanol–water partition coefficient (Wildman–Crippen LogP) is 3.21. The molecule has 0 unspecified atom stereocenters. The molecule has 4 rings (SSSR count). The van der Waals surface area contributed by atoms with Crippen molar-refractivity contribution in [1.82, 2.24) is 4.72 Å². The van der Waals surface area contributed by atoms with Crippen LogP contribution in [-0.2, 0) is 18.4 Å². The maximum Gasteiger partial charge on any atom is 0.329 e. The average Bonchev–Trinajstić information content (AvgIpc) is 3.31. The van der Waals surface area contributed by atoms with E-state index in [1.165, 1.54) is 6.26 Å². The third-order valence-corrected chi connectivity index (χ3v) is 5.12. The Bertz CT molecular complexity index is 824. The smallest absolute Gasteiger partial charge is 0.329 e. The molecular weight excluding hydrogens is 356 g/mol. The van der Waals surface area contributed by atoms with E-state index in [1.807, 2.05) is 6.07 Å². The molecule has 8 heteroatoms. The lowest BCUT2D eigenvalue weighted by Gasteiger charge is -2.14. The van der Waals surface area contributed by atoms with Gasteiger partial charge in [-0.15, -0.1) is 0 Å². The molecule has 0 radical (unpaired) electrons. The summed E-state index contributed by atoms with van der Waals surface area (Å²) in [6.45, 7) is 4.56. The van der Waals surface area contributed by atoms with Crippen LogP contribution in [-0.4, -0.2) is 24.4 Å². The summed E-state index contributed by atoms with van der Waals surface area (Å²) >= 11 is 1.04. The average molecular weight is 376 g/mol. The fraction of sp³-hybridized carbons (Fsp3) is 0.389. The minimum absolute atomic E-state index is 0.380. The summed E-state index contributed by atoms with van der Waals surface area (Å²) in [5, 5.41) is 13.3. The highest BCUT2D eigenvalue weighted by atomic mass is 32.2. The Morgan fingerprint density at radius 3 is 2.81 bits per heavy atom. The van der Waals surface area contributed by atoms with Gasteiger partial charge < -0.3 is 24.3 Å². The van der Waals surface area contributed by atoms with E-state index in [0.717, 1.165) is 47.4 Å². The van der Waals surface area contributed by atoms with Gasteiger partial charge in [-0.25, -0.2) is 4.79 Å². The lowest BCUT2D eigenvalue weighted by molar-refractivity contribution is 0.0779. The molecule has 0 spiro atoms. The first-order chi connectivity index (χ1) is 12.4. The Balaban J connectivity index is 1.45. The van der Waals surface area contributed by atoms with Crippen LogP contribution in [0.2, 0.25) is 0 Å². The standard InChI is InChI=1S/C18H20N2O5S/c1-18(2,22)11-8-14(25-9-11)26-20-17(21)19-15-12-4-6-23-13(12)7-10-3-5-24-16(10)15/h7-9,22H,3-6H2,1-2H3,(H2,19,20,21). The maximum absolute atomic E-state index is 12.4. The van der Waals surface area contributed by atoms with Crippen molar-refractivity contribution < 1.29 is 23.8 Å². The zero-order valence-corrected chi connectivity index (χ0v) is 15.4. The number of carbonyl (C=O) groups excluding carboxylic acids is 1. The summed E-state index contributed by atoms with van der Waals surface area (Å²) < 4.78 is 19.4. The number of rotatable bonds is 4. The van der Waals surface area contributed by atoms with E-state index in [4.69, 9.17) is 13.9 Å². The fourth-order valence-corrected chi connectivity index (χ4v) is 3.57. The minimum atomic E-state index is -0.993. The number of urea groups is 1. The van der Waals surface area contributed by atoms with Crippen molar-refractivity contribution in [2.24, 2.45) is 0 Å². The second kappa shape index (κ2) is 6.44. The van der Waals surface area contributed by atoms with Gasteiger partial charge in [0.25, 0.3) is 0 Å². The van der Waals surface area contributed by atoms with E-state index in [1.54, 1.807) is 19.9 Å². The van der Waals surface area contributed by atoms with Crippen LogP contribution in [0.25, 0.3) is 0 Å². The number of aliphatic hydroxyl groups is 1. The number of hydrogen-bond donors (Lipinski definition) is 3. The molecule has 2 amide bonds. The minimum Gasteiger partial charge on any atom is -0.493 e. The highest BCUT2D eigenvalue weighted by Crippen LogP contribution is 2.44. The maximum atomic E-state index is 12.4. The van der Waals surface area contributed by atoms with E-state index in [9.17, 15) is 9.90 Å². The van der Waals surface area contributed by atoms with Gasteiger partial charge in [-0.05, 0) is 26.0 Å². The number of carbonyl (C=O) groups is 1. The third kappa shape index (κ3) is 3.22. The highest BCUT2D eigenvalue weighted by molar-refractivity contribution is 7.97. The van der Waals surface area contributed by atoms with Crippen molar-refractivity contribution >= 4 is 23.7 Å². The number of fused-ring (bicyclic) bond motifs is 2. The first-order valence-corrected chi connectivity index (χ1v) is 9.23. The van der Waals surface area contributed by atoms with Crippen LogP contribution in [0.3, 0.4) is 0 Å². The van der Waals surface area contributed by atoms with Crippen molar-refractivity contribution in [3.63, 3.8) is 0 Å². The number of hydrogen-bond acceptors (Lipinski definition) is 6. The van der Waals surface area contributed by atoms with E-state index < -0.39 is 5.60 Å². The fourth-order valence-electron chi connectivity index (χ4n) is 3.04. The molecule has 138 valence electrons. The van der Waals surface area contributed by atoms with Crippen molar-refractivity contribution in [2.75, 3.05) is 18.5 Å². The molecule has 2 aromatic rings. The van der Waals surface area contributed by atoms with E-state index in [-0.39, 0.29) is 6.03 Å². The van der Waals surface area contributed by atoms with Crippen LogP contribution >= 0.6 is 11.9 Å². The van der Waals surface area contributed by atoms with E-state index >= 15 is 0 Å². The third-order valence-electron chi connectivity index (χ3n) is 4.42. The summed E-state index contributed by atoms with van der Waals surface area (Å²) in [6.07, 6.45) is 3.02. The predicted molar refractivity (Wildman–Crippen MR) is 96.8 cm³/mol. The molecular formula is C18H20N2O5S. The molecule has 26 heavy (non-hydrogen) atoms.